The Bertz CT molecular complexity index is 1370. The molecule has 1 amide bonds. The SMILES string of the molecule is C[C@H](C#N)NC(=O)COc1cc(F)ccc1Nc1ncnc2cc(N(C)[SH]3(=O)CCC3)cc(F)c12. The van der Waals surface area contributed by atoms with E-state index in [1.54, 1.807) is 17.4 Å². The molecule has 0 bridgehead atoms. The van der Waals surface area contributed by atoms with Crippen molar-refractivity contribution in [2.24, 2.45) is 0 Å². The minimum Gasteiger partial charge on any atom is -0.481 e. The monoisotopic (exact) mass is 502 g/mol. The molecule has 35 heavy (non-hydrogen) atoms. The van der Waals surface area contributed by atoms with E-state index in [0.29, 0.717) is 22.7 Å². The van der Waals surface area contributed by atoms with Gasteiger partial charge in [0.15, 0.2) is 6.61 Å². The maximum absolute atomic E-state index is 15.2. The lowest BCUT2D eigenvalue weighted by Crippen LogP contribution is -2.46. The van der Waals surface area contributed by atoms with Crippen LogP contribution in [0.15, 0.2) is 36.7 Å². The first-order valence-corrected chi connectivity index (χ1v) is 12.9. The van der Waals surface area contributed by atoms with Crippen molar-refractivity contribution < 1.29 is 22.5 Å². The summed E-state index contributed by atoms with van der Waals surface area (Å²) in [5.74, 6) is -0.481. The zero-order valence-electron chi connectivity index (χ0n) is 19.1. The standard InChI is InChI=1S/C23H24F2N6O3S/c1-14(11-26)29-21(32)12-34-20-8-15(24)4-5-18(20)30-23-22-17(25)9-16(10-19(22)27-13-28-23)31(2)35(33)6-3-7-35/h4-5,8-10,13-14,35H,3,6-7,12H2,1-2H3,(H,29,32)(H,27,28,30)/t14-/m1/s1. The molecule has 2 N–H and O–H groups in total. The van der Waals surface area contributed by atoms with E-state index >= 15 is 4.39 Å². The van der Waals surface area contributed by atoms with E-state index in [1.807, 2.05) is 6.07 Å². The van der Waals surface area contributed by atoms with Crippen molar-refractivity contribution in [3.8, 4) is 11.8 Å². The molecule has 1 aliphatic heterocycles. The highest BCUT2D eigenvalue weighted by molar-refractivity contribution is 8.05. The summed E-state index contributed by atoms with van der Waals surface area (Å²) in [5.41, 5.74) is 1.00. The number of nitrogens with zero attached hydrogens (tertiary/aromatic N) is 4. The first-order chi connectivity index (χ1) is 16.7. The third-order valence-corrected chi connectivity index (χ3v) is 9.09. The summed E-state index contributed by atoms with van der Waals surface area (Å²) < 4.78 is 49.1. The number of fused-ring (bicyclic) bond motifs is 1. The Hall–Kier alpha value is -3.85. The van der Waals surface area contributed by atoms with Gasteiger partial charge in [-0.05, 0) is 47.7 Å². The molecule has 2 aromatic carbocycles. The van der Waals surface area contributed by atoms with Gasteiger partial charge in [-0.15, -0.1) is 0 Å². The molecule has 0 aliphatic carbocycles. The van der Waals surface area contributed by atoms with Crippen LogP contribution in [0, 0.1) is 23.0 Å². The Morgan fingerprint density at radius 2 is 2.06 bits per heavy atom. The van der Waals surface area contributed by atoms with Gasteiger partial charge in [-0.3, -0.25) is 9.00 Å². The molecule has 0 saturated carbocycles. The molecule has 3 aromatic rings. The molecular weight excluding hydrogens is 478 g/mol. The van der Waals surface area contributed by atoms with Gasteiger partial charge in [-0.2, -0.15) is 5.26 Å². The van der Waals surface area contributed by atoms with E-state index in [1.165, 1.54) is 31.5 Å². The number of nitriles is 1. The third-order valence-electron chi connectivity index (χ3n) is 5.74. The number of carbonyl (C=O) groups excluding carboxylic acids is 1. The highest BCUT2D eigenvalue weighted by Crippen LogP contribution is 2.35. The lowest BCUT2D eigenvalue weighted by molar-refractivity contribution is -0.123. The molecule has 0 spiro atoms. The number of benzene rings is 2. The molecule has 2 heterocycles. The van der Waals surface area contributed by atoms with Crippen LogP contribution in [0.4, 0.5) is 26.0 Å². The van der Waals surface area contributed by atoms with Crippen molar-refractivity contribution >= 4 is 44.1 Å². The van der Waals surface area contributed by atoms with Crippen LogP contribution in [0.5, 0.6) is 5.75 Å². The molecule has 184 valence electrons. The number of amides is 1. The van der Waals surface area contributed by atoms with E-state index < -0.39 is 40.3 Å². The first-order valence-electron chi connectivity index (χ1n) is 10.8. The lowest BCUT2D eigenvalue weighted by Gasteiger charge is -2.41. The summed E-state index contributed by atoms with van der Waals surface area (Å²) in [5, 5.41) is 14.2. The van der Waals surface area contributed by atoms with Crippen LogP contribution in [0.25, 0.3) is 10.9 Å². The van der Waals surface area contributed by atoms with Crippen LogP contribution in [-0.4, -0.2) is 51.3 Å². The van der Waals surface area contributed by atoms with Crippen molar-refractivity contribution in [1.29, 1.82) is 5.26 Å². The number of hydrogen-bond acceptors (Lipinski definition) is 7. The summed E-state index contributed by atoms with van der Waals surface area (Å²) in [4.78, 5) is 20.2. The number of ether oxygens (including phenoxy) is 1. The van der Waals surface area contributed by atoms with Gasteiger partial charge in [-0.25, -0.2) is 18.7 Å². The number of anilines is 3. The minimum atomic E-state index is -2.50. The number of rotatable bonds is 8. The number of nitrogens with one attached hydrogen (secondary N) is 2. The smallest absolute Gasteiger partial charge is 0.258 e. The van der Waals surface area contributed by atoms with Crippen LogP contribution in [0.1, 0.15) is 13.3 Å². The molecule has 12 heteroatoms. The molecule has 0 unspecified atom stereocenters. The summed E-state index contributed by atoms with van der Waals surface area (Å²) in [6.07, 6.45) is 2.13. The lowest BCUT2D eigenvalue weighted by atomic mass is 10.2. The van der Waals surface area contributed by atoms with Crippen LogP contribution < -0.4 is 19.7 Å². The number of aromatic nitrogens is 2. The Morgan fingerprint density at radius 3 is 2.74 bits per heavy atom. The van der Waals surface area contributed by atoms with Gasteiger partial charge in [0.2, 0.25) is 0 Å². The van der Waals surface area contributed by atoms with Crippen molar-refractivity contribution in [1.82, 2.24) is 15.3 Å². The average Bonchev–Trinajstić information content (AvgIpc) is 2.81. The van der Waals surface area contributed by atoms with Crippen LogP contribution in [0.3, 0.4) is 0 Å². The fraction of sp³-hybridized carbons (Fsp3) is 0.304. The van der Waals surface area contributed by atoms with Crippen LogP contribution in [0.2, 0.25) is 0 Å². The summed E-state index contributed by atoms with van der Waals surface area (Å²) in [6, 6.07) is 7.71. The fourth-order valence-electron chi connectivity index (χ4n) is 3.65. The van der Waals surface area contributed by atoms with E-state index in [0.717, 1.165) is 12.5 Å². The van der Waals surface area contributed by atoms with E-state index in [9.17, 15) is 13.4 Å². The molecule has 1 saturated heterocycles. The van der Waals surface area contributed by atoms with Crippen LogP contribution in [-0.2, 0) is 14.9 Å². The molecule has 0 radical (unpaired) electrons. The molecule has 9 nitrogen and oxygen atoms in total. The summed E-state index contributed by atoms with van der Waals surface area (Å²) in [7, 11) is -0.813. The molecule has 4 rings (SSSR count). The molecule has 1 atom stereocenters. The number of carbonyl (C=O) groups is 1. The van der Waals surface area contributed by atoms with E-state index in [-0.39, 0.29) is 22.6 Å². The van der Waals surface area contributed by atoms with Crippen molar-refractivity contribution in [2.75, 3.05) is 34.8 Å². The number of hydrogen-bond donors (Lipinski definition) is 3. The Morgan fingerprint density at radius 1 is 1.29 bits per heavy atom. The Kier molecular flexibility index (Phi) is 6.79. The molecule has 1 aromatic heterocycles. The Labute approximate surface area is 201 Å². The maximum Gasteiger partial charge on any atom is 0.258 e. The number of halogens is 2. The van der Waals surface area contributed by atoms with E-state index in [2.05, 4.69) is 20.6 Å². The maximum atomic E-state index is 15.2. The highest BCUT2D eigenvalue weighted by Gasteiger charge is 2.29. The van der Waals surface area contributed by atoms with Crippen molar-refractivity contribution in [3.63, 3.8) is 0 Å². The molecule has 1 fully saturated rings. The highest BCUT2D eigenvalue weighted by atomic mass is 32.3. The second kappa shape index (κ2) is 9.79. The van der Waals surface area contributed by atoms with Gasteiger partial charge in [0.05, 0.1) is 28.3 Å². The van der Waals surface area contributed by atoms with Gasteiger partial charge in [0.25, 0.3) is 5.91 Å². The zero-order chi connectivity index (χ0) is 25.2. The molecule has 1 aliphatic rings. The van der Waals surface area contributed by atoms with Gasteiger partial charge in [-0.1, -0.05) is 0 Å². The number of thiol groups is 1. The average molecular weight is 503 g/mol. The van der Waals surface area contributed by atoms with Gasteiger partial charge >= 0.3 is 0 Å². The Balaban J connectivity index is 1.62. The fourth-order valence-corrected chi connectivity index (χ4v) is 5.65. The second-order valence-corrected chi connectivity index (χ2v) is 11.4. The predicted octanol–water partition coefficient (Wildman–Crippen LogP) is 2.83. The third kappa shape index (κ3) is 5.14. The van der Waals surface area contributed by atoms with Crippen molar-refractivity contribution in [3.05, 3.63) is 48.3 Å². The van der Waals surface area contributed by atoms with Gasteiger partial charge in [0.1, 0.15) is 35.6 Å². The van der Waals surface area contributed by atoms with Gasteiger partial charge < -0.3 is 19.7 Å². The van der Waals surface area contributed by atoms with Crippen molar-refractivity contribution in [2.45, 2.75) is 19.4 Å². The predicted molar refractivity (Wildman–Crippen MR) is 130 cm³/mol. The van der Waals surface area contributed by atoms with E-state index in [4.69, 9.17) is 10.00 Å². The topological polar surface area (TPSA) is 120 Å². The molecular formula is C23H24F2N6O3S. The minimum absolute atomic E-state index is 0.00337. The quantitative estimate of drug-likeness (QED) is 0.405. The largest absolute Gasteiger partial charge is 0.481 e. The summed E-state index contributed by atoms with van der Waals surface area (Å²) >= 11 is 0. The van der Waals surface area contributed by atoms with Crippen LogP contribution >= 0.6 is 0 Å². The normalized spacial score (nSPS) is 15.9. The first kappa shape index (κ1) is 24.3. The zero-order valence-corrected chi connectivity index (χ0v) is 20.0. The summed E-state index contributed by atoms with van der Waals surface area (Å²) in [6.45, 7) is 1.05. The second-order valence-electron chi connectivity index (χ2n) is 8.19. The van der Waals surface area contributed by atoms with Gasteiger partial charge in [0, 0.05) is 24.6 Å².